The molecule has 2 atom stereocenters. The highest BCUT2D eigenvalue weighted by atomic mass is 32.9. The summed E-state index contributed by atoms with van der Waals surface area (Å²) in [5.74, 6) is 0.741. The number of methoxy groups -OCH3 is 1. The minimum Gasteiger partial charge on any atom is -0.497 e. The first-order valence-corrected chi connectivity index (χ1v) is 11.6. The molecule has 2 heterocycles. The fourth-order valence-corrected chi connectivity index (χ4v) is 11.8. The zero-order valence-electron chi connectivity index (χ0n) is 11.6. The normalized spacial score (nSPS) is 25.5. The van der Waals surface area contributed by atoms with Gasteiger partial charge in [-0.2, -0.15) is 10.5 Å². The Morgan fingerprint density at radius 3 is 2.41 bits per heavy atom. The Hall–Kier alpha value is -1.30. The lowest BCUT2D eigenvalue weighted by Crippen LogP contribution is -2.41. The second-order valence-electron chi connectivity index (χ2n) is 4.74. The molecule has 0 N–H and O–H groups in total. The molecule has 1 saturated heterocycles. The van der Waals surface area contributed by atoms with E-state index in [0.29, 0.717) is 0 Å². The average molecular weight is 362 g/mol. The van der Waals surface area contributed by atoms with Gasteiger partial charge in [0, 0.05) is 4.88 Å². The van der Waals surface area contributed by atoms with Crippen molar-refractivity contribution in [3.8, 4) is 17.9 Å². The number of nitriles is 2. The maximum absolute atomic E-state index is 9.76. The van der Waals surface area contributed by atoms with Crippen molar-refractivity contribution in [2.24, 2.45) is 0 Å². The van der Waals surface area contributed by atoms with Crippen LogP contribution in [-0.2, 0) is 11.8 Å². The molecule has 7 heteroatoms. The maximum Gasteiger partial charge on any atom is 0.200 e. The minimum atomic E-state index is -2.34. The number of nitrogens with zero attached hydrogens (tertiary/aromatic N) is 2. The largest absolute Gasteiger partial charge is 0.497 e. The summed E-state index contributed by atoms with van der Waals surface area (Å²) in [6, 6.07) is 15.9. The first-order chi connectivity index (χ1) is 10.6. The summed E-state index contributed by atoms with van der Waals surface area (Å²) in [6.45, 7) is 0. The molecule has 110 valence electrons. The predicted molar refractivity (Wildman–Crippen MR) is 95.5 cm³/mol. The van der Waals surface area contributed by atoms with Gasteiger partial charge in [0.15, 0.2) is 0 Å². The summed E-state index contributed by atoms with van der Waals surface area (Å²) in [4.78, 5) is 1.04. The monoisotopic (exact) mass is 362 g/mol. The molecular formula is C15H11N2OPS3. The molecule has 2 unspecified atom stereocenters. The van der Waals surface area contributed by atoms with Crippen LogP contribution in [0.15, 0.2) is 41.8 Å². The molecular weight excluding hydrogens is 351 g/mol. The van der Waals surface area contributed by atoms with Crippen LogP contribution in [0.25, 0.3) is 0 Å². The van der Waals surface area contributed by atoms with E-state index in [1.165, 1.54) is 0 Å². The van der Waals surface area contributed by atoms with Crippen LogP contribution in [0.3, 0.4) is 0 Å². The van der Waals surface area contributed by atoms with Crippen LogP contribution in [0, 0.1) is 22.7 Å². The van der Waals surface area contributed by atoms with E-state index in [1.54, 1.807) is 29.8 Å². The van der Waals surface area contributed by atoms with Gasteiger partial charge >= 0.3 is 0 Å². The predicted octanol–water partition coefficient (Wildman–Crippen LogP) is 4.05. The van der Waals surface area contributed by atoms with E-state index in [0.717, 1.165) is 15.9 Å². The van der Waals surface area contributed by atoms with Crippen LogP contribution < -0.4 is 10.0 Å². The zero-order valence-corrected chi connectivity index (χ0v) is 14.9. The lowest BCUT2D eigenvalue weighted by atomic mass is 10.1. The third-order valence-electron chi connectivity index (χ3n) is 3.65. The smallest absolute Gasteiger partial charge is 0.200 e. The molecule has 3 nitrogen and oxygen atoms in total. The molecule has 0 spiro atoms. The first-order valence-electron chi connectivity index (χ1n) is 6.40. The van der Waals surface area contributed by atoms with Crippen LogP contribution >= 0.6 is 28.0 Å². The number of ether oxygens (including phenoxy) is 1. The van der Waals surface area contributed by atoms with E-state index in [1.807, 2.05) is 41.8 Å². The summed E-state index contributed by atoms with van der Waals surface area (Å²) >= 11 is 9.03. The van der Waals surface area contributed by atoms with Crippen molar-refractivity contribution < 1.29 is 4.74 Å². The highest BCUT2D eigenvalue weighted by Crippen LogP contribution is 2.86. The quantitative estimate of drug-likeness (QED) is 0.771. The first kappa shape index (κ1) is 15.6. The van der Waals surface area contributed by atoms with Gasteiger partial charge in [0.05, 0.1) is 29.7 Å². The number of thiophene rings is 1. The van der Waals surface area contributed by atoms with Crippen LogP contribution in [-0.4, -0.2) is 12.3 Å². The highest BCUT2D eigenvalue weighted by Gasteiger charge is 2.64. The van der Waals surface area contributed by atoms with E-state index in [2.05, 4.69) is 12.1 Å². The van der Waals surface area contributed by atoms with Crippen molar-refractivity contribution in [3.63, 3.8) is 0 Å². The van der Waals surface area contributed by atoms with Crippen molar-refractivity contribution in [3.05, 3.63) is 46.7 Å². The Morgan fingerprint density at radius 1 is 1.23 bits per heavy atom. The highest BCUT2D eigenvalue weighted by molar-refractivity contribution is 8.76. The van der Waals surface area contributed by atoms with Gasteiger partial charge in [0.1, 0.15) is 5.75 Å². The average Bonchev–Trinajstić information content (AvgIpc) is 3.07. The molecule has 2 aromatic rings. The maximum atomic E-state index is 9.76. The van der Waals surface area contributed by atoms with Crippen molar-refractivity contribution in [2.75, 3.05) is 7.11 Å². The van der Waals surface area contributed by atoms with Crippen molar-refractivity contribution in [2.45, 2.75) is 10.4 Å². The third-order valence-corrected chi connectivity index (χ3v) is 13.7. The molecule has 1 aromatic carbocycles. The lowest BCUT2D eigenvalue weighted by molar-refractivity contribution is 0.415. The Labute approximate surface area is 142 Å². The Bertz CT molecular complexity index is 804. The SMILES string of the molecule is COc1ccc(P2(=S)SC(c3cccs3)C2(C#N)C#N)cc1. The molecule has 0 radical (unpaired) electrons. The molecule has 3 rings (SSSR count). The van der Waals surface area contributed by atoms with Crippen LogP contribution in [0.5, 0.6) is 5.75 Å². The van der Waals surface area contributed by atoms with Crippen LogP contribution in [0.2, 0.25) is 0 Å². The zero-order chi connectivity index (χ0) is 15.8. The van der Waals surface area contributed by atoms with E-state index in [4.69, 9.17) is 16.5 Å². The van der Waals surface area contributed by atoms with E-state index in [-0.39, 0.29) is 5.25 Å². The molecule has 1 aliphatic rings. The van der Waals surface area contributed by atoms with Crippen LogP contribution in [0.1, 0.15) is 10.1 Å². The molecule has 0 amide bonds. The molecule has 0 aliphatic carbocycles. The number of hydrogen-bond donors (Lipinski definition) is 0. The summed E-state index contributed by atoms with van der Waals surface area (Å²) in [7, 11) is 1.60. The van der Waals surface area contributed by atoms with Gasteiger partial charge in [0.2, 0.25) is 5.16 Å². The molecule has 0 saturated carbocycles. The Morgan fingerprint density at radius 2 is 1.91 bits per heavy atom. The number of hydrogen-bond acceptors (Lipinski definition) is 6. The third kappa shape index (κ3) is 2.03. The summed E-state index contributed by atoms with van der Waals surface area (Å²) in [5.41, 5.74) is 0. The second-order valence-corrected chi connectivity index (χ2v) is 13.3. The van der Waals surface area contributed by atoms with Gasteiger partial charge in [-0.25, -0.2) is 0 Å². The summed E-state index contributed by atoms with van der Waals surface area (Å²) in [6.07, 6.45) is 0. The van der Waals surface area contributed by atoms with Gasteiger partial charge in [-0.1, -0.05) is 17.9 Å². The van der Waals surface area contributed by atoms with E-state index < -0.39 is 10.4 Å². The van der Waals surface area contributed by atoms with Gasteiger partial charge in [-0.3, -0.25) is 0 Å². The molecule has 1 aromatic heterocycles. The van der Waals surface area contributed by atoms with Gasteiger partial charge in [0.25, 0.3) is 0 Å². The topological polar surface area (TPSA) is 56.8 Å². The minimum absolute atomic E-state index is 0.157. The fraction of sp³-hybridized carbons (Fsp3) is 0.200. The van der Waals surface area contributed by atoms with E-state index >= 15 is 0 Å². The lowest BCUT2D eigenvalue weighted by Gasteiger charge is -2.48. The van der Waals surface area contributed by atoms with Gasteiger partial charge in [-0.15, -0.1) is 22.7 Å². The van der Waals surface area contributed by atoms with Crippen molar-refractivity contribution in [1.82, 2.24) is 0 Å². The Kier molecular flexibility index (Phi) is 4.05. The number of benzene rings is 1. The van der Waals surface area contributed by atoms with Crippen molar-refractivity contribution >= 4 is 45.1 Å². The van der Waals surface area contributed by atoms with Crippen LogP contribution in [0.4, 0.5) is 0 Å². The standard InChI is InChI=1S/C15H11N2OPS3/c1-18-11-4-6-12(7-5-11)19(20)15(9-16,10-17)14(22-19)13-3-2-8-21-13/h2-8,14H,1H3. The number of rotatable bonds is 3. The Balaban J connectivity index is 2.06. The van der Waals surface area contributed by atoms with Gasteiger partial charge < -0.3 is 4.74 Å². The summed E-state index contributed by atoms with van der Waals surface area (Å²) < 4.78 is 5.16. The van der Waals surface area contributed by atoms with E-state index in [9.17, 15) is 10.5 Å². The summed E-state index contributed by atoms with van der Waals surface area (Å²) in [5, 5.41) is 18.8. The molecule has 0 bridgehead atoms. The molecule has 22 heavy (non-hydrogen) atoms. The molecule has 1 aliphatic heterocycles. The van der Waals surface area contributed by atoms with Crippen molar-refractivity contribution in [1.29, 1.82) is 10.5 Å². The second kappa shape index (κ2) is 5.72. The molecule has 1 fully saturated rings. The van der Waals surface area contributed by atoms with Gasteiger partial charge in [-0.05, 0) is 41.0 Å². The fourth-order valence-electron chi connectivity index (χ4n) is 2.43.